The lowest BCUT2D eigenvalue weighted by atomic mass is 9.75. The monoisotopic (exact) mass is 190 g/mol. The van der Waals surface area contributed by atoms with Crippen LogP contribution in [-0.2, 0) is 5.54 Å². The van der Waals surface area contributed by atoms with Gasteiger partial charge >= 0.3 is 0 Å². The van der Waals surface area contributed by atoms with E-state index in [1.54, 1.807) is 12.5 Å². The van der Waals surface area contributed by atoms with Crippen LogP contribution in [0.5, 0.6) is 0 Å². The van der Waals surface area contributed by atoms with Gasteiger partial charge in [-0.1, -0.05) is 20.8 Å². The van der Waals surface area contributed by atoms with Gasteiger partial charge in [-0.05, 0) is 5.41 Å². The summed E-state index contributed by atoms with van der Waals surface area (Å²) in [7, 11) is 0. The molecule has 0 aromatic carbocycles. The van der Waals surface area contributed by atoms with E-state index in [0.29, 0.717) is 0 Å². The summed E-state index contributed by atoms with van der Waals surface area (Å²) >= 11 is 0. The van der Waals surface area contributed by atoms with Gasteiger partial charge in [0.05, 0.1) is 18.8 Å². The summed E-state index contributed by atoms with van der Waals surface area (Å²) in [6, 6.07) is 0. The van der Waals surface area contributed by atoms with E-state index in [9.17, 15) is 0 Å². The van der Waals surface area contributed by atoms with Crippen molar-refractivity contribution in [3.63, 3.8) is 0 Å². The molecule has 0 saturated carbocycles. The van der Waals surface area contributed by atoms with Crippen molar-refractivity contribution < 1.29 is 0 Å². The second kappa shape index (κ2) is 2.77. The maximum Gasteiger partial charge on any atom is 0.124 e. The van der Waals surface area contributed by atoms with E-state index >= 15 is 0 Å². The molecule has 2 heterocycles. The highest BCUT2D eigenvalue weighted by Crippen LogP contribution is 2.35. The lowest BCUT2D eigenvalue weighted by Gasteiger charge is -2.37. The standard InChI is InChI=1S/C10H14N4/c1-9(2,3)10(6-12-13-7-10)14-5-4-11-8-14/h4-8H,1-3H3. The highest BCUT2D eigenvalue weighted by Gasteiger charge is 2.42. The number of rotatable bonds is 1. The van der Waals surface area contributed by atoms with Crippen LogP contribution in [0.3, 0.4) is 0 Å². The predicted octanol–water partition coefficient (Wildman–Crippen LogP) is 1.69. The van der Waals surface area contributed by atoms with Gasteiger partial charge in [0, 0.05) is 12.4 Å². The van der Waals surface area contributed by atoms with Gasteiger partial charge in [0.2, 0.25) is 0 Å². The van der Waals surface area contributed by atoms with Crippen LogP contribution in [-0.4, -0.2) is 22.0 Å². The summed E-state index contributed by atoms with van der Waals surface area (Å²) < 4.78 is 2.03. The molecule has 0 fully saturated rings. The van der Waals surface area contributed by atoms with E-state index in [2.05, 4.69) is 36.0 Å². The summed E-state index contributed by atoms with van der Waals surface area (Å²) in [4.78, 5) is 4.06. The zero-order chi connectivity index (χ0) is 10.2. The van der Waals surface area contributed by atoms with Gasteiger partial charge in [-0.15, -0.1) is 0 Å². The predicted molar refractivity (Wildman–Crippen MR) is 56.6 cm³/mol. The van der Waals surface area contributed by atoms with Crippen LogP contribution in [0, 0.1) is 5.41 Å². The summed E-state index contributed by atoms with van der Waals surface area (Å²) in [5, 5.41) is 7.91. The Labute approximate surface area is 83.4 Å². The Balaban J connectivity index is 2.54. The van der Waals surface area contributed by atoms with Gasteiger partial charge in [-0.25, -0.2) is 4.98 Å². The van der Waals surface area contributed by atoms with Crippen molar-refractivity contribution in [2.24, 2.45) is 15.6 Å². The van der Waals surface area contributed by atoms with Crippen molar-refractivity contribution in [1.29, 1.82) is 0 Å². The molecule has 74 valence electrons. The maximum atomic E-state index is 4.06. The minimum Gasteiger partial charge on any atom is -0.321 e. The first-order chi connectivity index (χ1) is 6.56. The van der Waals surface area contributed by atoms with E-state index in [4.69, 9.17) is 0 Å². The number of hydrogen-bond donors (Lipinski definition) is 0. The molecule has 1 aliphatic heterocycles. The lowest BCUT2D eigenvalue weighted by molar-refractivity contribution is 0.263. The van der Waals surface area contributed by atoms with Crippen molar-refractivity contribution in [2.75, 3.05) is 0 Å². The summed E-state index contributed by atoms with van der Waals surface area (Å²) in [6.45, 7) is 6.49. The van der Waals surface area contributed by atoms with Crippen molar-refractivity contribution >= 4 is 12.4 Å². The molecule has 0 N–H and O–H groups in total. The number of aromatic nitrogens is 2. The number of nitrogens with zero attached hydrogens (tertiary/aromatic N) is 4. The highest BCUT2D eigenvalue weighted by atomic mass is 15.3. The molecule has 0 amide bonds. The van der Waals surface area contributed by atoms with E-state index in [1.807, 2.05) is 23.2 Å². The molecule has 4 nitrogen and oxygen atoms in total. The van der Waals surface area contributed by atoms with Gasteiger partial charge < -0.3 is 4.57 Å². The molecule has 2 rings (SSSR count). The Kier molecular flexibility index (Phi) is 1.80. The molecule has 0 bridgehead atoms. The normalized spacial score (nSPS) is 19.1. The smallest absolute Gasteiger partial charge is 0.124 e. The summed E-state index contributed by atoms with van der Waals surface area (Å²) in [5.74, 6) is 0. The molecule has 0 aliphatic carbocycles. The molecule has 1 aliphatic rings. The van der Waals surface area contributed by atoms with Gasteiger partial charge in [0.25, 0.3) is 0 Å². The number of hydrogen-bond acceptors (Lipinski definition) is 3. The molecular weight excluding hydrogens is 176 g/mol. The van der Waals surface area contributed by atoms with Crippen LogP contribution in [0.2, 0.25) is 0 Å². The Morgan fingerprint density at radius 1 is 1.14 bits per heavy atom. The molecule has 0 atom stereocenters. The third kappa shape index (κ3) is 1.10. The fourth-order valence-electron chi connectivity index (χ4n) is 1.66. The van der Waals surface area contributed by atoms with Crippen LogP contribution in [0.15, 0.2) is 28.9 Å². The largest absolute Gasteiger partial charge is 0.321 e. The van der Waals surface area contributed by atoms with E-state index in [-0.39, 0.29) is 11.0 Å². The molecule has 0 radical (unpaired) electrons. The average molecular weight is 190 g/mol. The van der Waals surface area contributed by atoms with Crippen molar-refractivity contribution in [3.05, 3.63) is 18.7 Å². The second-order valence-corrected chi connectivity index (χ2v) is 4.53. The summed E-state index contributed by atoms with van der Waals surface area (Å²) in [5.41, 5.74) is -0.249. The molecular formula is C10H14N4. The average Bonchev–Trinajstić information content (AvgIpc) is 2.74. The first-order valence-electron chi connectivity index (χ1n) is 4.63. The van der Waals surface area contributed by atoms with E-state index in [0.717, 1.165) is 0 Å². The van der Waals surface area contributed by atoms with Crippen LogP contribution < -0.4 is 0 Å². The second-order valence-electron chi connectivity index (χ2n) is 4.53. The Bertz CT molecular complexity index is 355. The van der Waals surface area contributed by atoms with Crippen molar-refractivity contribution in [3.8, 4) is 0 Å². The fourth-order valence-corrected chi connectivity index (χ4v) is 1.66. The zero-order valence-corrected chi connectivity index (χ0v) is 8.68. The Hall–Kier alpha value is -1.45. The third-order valence-electron chi connectivity index (χ3n) is 2.71. The number of imidazole rings is 1. The molecule has 0 unspecified atom stereocenters. The van der Waals surface area contributed by atoms with Crippen molar-refractivity contribution in [1.82, 2.24) is 9.55 Å². The van der Waals surface area contributed by atoms with Gasteiger partial charge in [0.1, 0.15) is 5.54 Å². The minimum atomic E-state index is -0.274. The summed E-state index contributed by atoms with van der Waals surface area (Å²) in [6.07, 6.45) is 9.25. The minimum absolute atomic E-state index is 0.0250. The third-order valence-corrected chi connectivity index (χ3v) is 2.71. The van der Waals surface area contributed by atoms with Crippen LogP contribution >= 0.6 is 0 Å². The first-order valence-corrected chi connectivity index (χ1v) is 4.63. The molecule has 1 aromatic rings. The molecule has 14 heavy (non-hydrogen) atoms. The van der Waals surface area contributed by atoms with Gasteiger partial charge in [-0.2, -0.15) is 10.2 Å². The topological polar surface area (TPSA) is 42.5 Å². The van der Waals surface area contributed by atoms with Gasteiger partial charge in [-0.3, -0.25) is 0 Å². The quantitative estimate of drug-likeness (QED) is 0.664. The van der Waals surface area contributed by atoms with Crippen LogP contribution in [0.1, 0.15) is 20.8 Å². The zero-order valence-electron chi connectivity index (χ0n) is 8.68. The highest BCUT2D eigenvalue weighted by molar-refractivity contribution is 5.95. The first kappa shape index (κ1) is 9.12. The van der Waals surface area contributed by atoms with E-state index in [1.165, 1.54) is 0 Å². The van der Waals surface area contributed by atoms with E-state index < -0.39 is 0 Å². The fraction of sp³-hybridized carbons (Fsp3) is 0.500. The Morgan fingerprint density at radius 3 is 2.21 bits per heavy atom. The SMILES string of the molecule is CC(C)(C)C1(n2ccnc2)C=NN=C1. The van der Waals surface area contributed by atoms with Gasteiger partial charge in [0.15, 0.2) is 0 Å². The van der Waals surface area contributed by atoms with Crippen LogP contribution in [0.4, 0.5) is 0 Å². The maximum absolute atomic E-state index is 4.06. The lowest BCUT2D eigenvalue weighted by Crippen LogP contribution is -2.46. The molecule has 1 aromatic heterocycles. The Morgan fingerprint density at radius 2 is 1.79 bits per heavy atom. The molecule has 0 spiro atoms. The van der Waals surface area contributed by atoms with Crippen molar-refractivity contribution in [2.45, 2.75) is 26.3 Å². The van der Waals surface area contributed by atoms with Crippen LogP contribution in [0.25, 0.3) is 0 Å². The molecule has 0 saturated heterocycles. The molecule has 4 heteroatoms.